The first-order chi connectivity index (χ1) is 39.0. The number of allylic oxidation sites excluding steroid dienone is 12. The minimum atomic E-state index is -0.792. The molecule has 1 atom stereocenters. The van der Waals surface area contributed by atoms with E-state index < -0.39 is 6.10 Å². The Morgan fingerprint density at radius 3 is 0.772 bits per heavy atom. The van der Waals surface area contributed by atoms with Crippen molar-refractivity contribution in [3.05, 3.63) is 72.9 Å². The molecule has 0 aromatic heterocycles. The largest absolute Gasteiger partial charge is 0.462 e. The van der Waals surface area contributed by atoms with E-state index in [9.17, 15) is 14.4 Å². The van der Waals surface area contributed by atoms with Gasteiger partial charge in [0.1, 0.15) is 13.2 Å². The highest BCUT2D eigenvalue weighted by atomic mass is 16.6. The maximum Gasteiger partial charge on any atom is 0.306 e. The zero-order chi connectivity index (χ0) is 57.1. The maximum absolute atomic E-state index is 13.0. The summed E-state index contributed by atoms with van der Waals surface area (Å²) in [4.78, 5) is 38.4. The predicted molar refractivity (Wildman–Crippen MR) is 344 cm³/mol. The molecule has 1 unspecified atom stereocenters. The lowest BCUT2D eigenvalue weighted by molar-refractivity contribution is -0.167. The van der Waals surface area contributed by atoms with Crippen molar-refractivity contribution in [2.24, 2.45) is 0 Å². The average molecular weight is 1100 g/mol. The van der Waals surface area contributed by atoms with Gasteiger partial charge in [-0.2, -0.15) is 0 Å². The Morgan fingerprint density at radius 1 is 0.266 bits per heavy atom. The molecule has 458 valence electrons. The molecule has 0 aliphatic heterocycles. The van der Waals surface area contributed by atoms with Crippen molar-refractivity contribution in [1.29, 1.82) is 0 Å². The van der Waals surface area contributed by atoms with Crippen LogP contribution in [0.2, 0.25) is 0 Å². The molecule has 0 fully saturated rings. The zero-order valence-corrected chi connectivity index (χ0v) is 52.6. The van der Waals surface area contributed by atoms with E-state index in [0.717, 1.165) is 96.3 Å². The van der Waals surface area contributed by atoms with Gasteiger partial charge < -0.3 is 14.2 Å². The molecule has 6 nitrogen and oxygen atoms in total. The van der Waals surface area contributed by atoms with Gasteiger partial charge in [0.25, 0.3) is 0 Å². The molecule has 0 aromatic rings. The van der Waals surface area contributed by atoms with Gasteiger partial charge in [0.05, 0.1) is 0 Å². The third kappa shape index (κ3) is 65.5. The Labute approximate surface area is 491 Å². The third-order valence-corrected chi connectivity index (χ3v) is 15.2. The molecule has 79 heavy (non-hydrogen) atoms. The molecule has 0 spiro atoms. The second-order valence-corrected chi connectivity index (χ2v) is 23.1. The second-order valence-electron chi connectivity index (χ2n) is 23.1. The highest BCUT2D eigenvalue weighted by Gasteiger charge is 2.19. The van der Waals surface area contributed by atoms with Gasteiger partial charge in [-0.3, -0.25) is 14.4 Å². The minimum absolute atomic E-state index is 0.0843. The summed E-state index contributed by atoms with van der Waals surface area (Å²) in [7, 11) is 0. The Hall–Kier alpha value is -3.15. The molecule has 0 aromatic carbocycles. The Morgan fingerprint density at radius 2 is 0.494 bits per heavy atom. The summed E-state index contributed by atoms with van der Waals surface area (Å²) in [6, 6.07) is 0. The molecular weight excluding hydrogens is 973 g/mol. The number of esters is 3. The maximum atomic E-state index is 13.0. The highest BCUT2D eigenvalue weighted by Crippen LogP contribution is 2.18. The number of carbonyl (C=O) groups is 3. The van der Waals surface area contributed by atoms with Crippen molar-refractivity contribution in [2.75, 3.05) is 13.2 Å². The molecule has 0 saturated carbocycles. The lowest BCUT2D eigenvalue weighted by Crippen LogP contribution is -2.30. The molecule has 0 heterocycles. The molecule has 0 aliphatic rings. The molecule has 0 radical (unpaired) electrons. The Bertz CT molecular complexity index is 1450. The fourth-order valence-corrected chi connectivity index (χ4v) is 10.1. The summed E-state index contributed by atoms with van der Waals surface area (Å²) in [5, 5.41) is 0. The van der Waals surface area contributed by atoms with Gasteiger partial charge in [0.2, 0.25) is 0 Å². The standard InChI is InChI=1S/C73H130O6/c1-4-7-10-13-16-19-22-25-28-31-34-37-40-42-45-48-51-54-57-60-63-66-72(75)78-69-70(79-73(76)67-64-61-58-55-52-49-46-43-39-36-33-30-27-24-21-18-15-12-9-6-3)68-77-71(74)65-62-59-56-53-50-47-44-41-38-35-32-29-26-23-20-17-14-11-8-5-2/h7,10,16,19,25,28,34,37,42,45,51,54,70H,4-6,8-9,11-15,17-18,20-24,26-27,29-33,35-36,38-41,43-44,46-50,52-53,55-69H2,1-3H3/b10-7-,19-16-,28-25-,37-34-,45-42-,54-51-. The second kappa shape index (κ2) is 67.4. The van der Waals surface area contributed by atoms with Gasteiger partial charge in [-0.1, -0.05) is 338 Å². The van der Waals surface area contributed by atoms with E-state index in [0.29, 0.717) is 19.3 Å². The van der Waals surface area contributed by atoms with Gasteiger partial charge in [-0.15, -0.1) is 0 Å². The minimum Gasteiger partial charge on any atom is -0.462 e. The molecule has 6 heteroatoms. The number of hydrogen-bond acceptors (Lipinski definition) is 6. The van der Waals surface area contributed by atoms with Crippen molar-refractivity contribution >= 4 is 17.9 Å². The molecule has 0 rings (SSSR count). The monoisotopic (exact) mass is 1100 g/mol. The fraction of sp³-hybridized carbons (Fsp3) is 0.795. The first-order valence-corrected chi connectivity index (χ1v) is 34.4. The van der Waals surface area contributed by atoms with Gasteiger partial charge >= 0.3 is 17.9 Å². The molecule has 0 bridgehead atoms. The van der Waals surface area contributed by atoms with E-state index in [1.165, 1.54) is 218 Å². The number of ether oxygens (including phenoxy) is 3. The van der Waals surface area contributed by atoms with E-state index in [1.54, 1.807) is 0 Å². The summed E-state index contributed by atoms with van der Waals surface area (Å²) in [6.07, 6.45) is 87.8. The van der Waals surface area contributed by atoms with Crippen LogP contribution in [0.15, 0.2) is 72.9 Å². The van der Waals surface area contributed by atoms with Crippen molar-refractivity contribution in [1.82, 2.24) is 0 Å². The van der Waals surface area contributed by atoms with Crippen LogP contribution < -0.4 is 0 Å². The summed E-state index contributed by atoms with van der Waals surface area (Å²) >= 11 is 0. The van der Waals surface area contributed by atoms with Crippen LogP contribution in [-0.4, -0.2) is 37.2 Å². The lowest BCUT2D eigenvalue weighted by Gasteiger charge is -2.18. The predicted octanol–water partition coefficient (Wildman–Crippen LogP) is 23.7. The van der Waals surface area contributed by atoms with E-state index >= 15 is 0 Å². The van der Waals surface area contributed by atoms with Crippen molar-refractivity contribution in [3.63, 3.8) is 0 Å². The van der Waals surface area contributed by atoms with Crippen molar-refractivity contribution in [3.8, 4) is 0 Å². The Kier molecular flexibility index (Phi) is 64.7. The lowest BCUT2D eigenvalue weighted by atomic mass is 10.0. The summed E-state index contributed by atoms with van der Waals surface area (Å²) in [5.41, 5.74) is 0. The fourth-order valence-electron chi connectivity index (χ4n) is 10.1. The van der Waals surface area contributed by atoms with Crippen LogP contribution in [0.4, 0.5) is 0 Å². The summed E-state index contributed by atoms with van der Waals surface area (Å²) < 4.78 is 17.0. The number of hydrogen-bond donors (Lipinski definition) is 0. The third-order valence-electron chi connectivity index (χ3n) is 15.2. The van der Waals surface area contributed by atoms with Crippen LogP contribution in [-0.2, 0) is 28.6 Å². The first-order valence-electron chi connectivity index (χ1n) is 34.4. The van der Waals surface area contributed by atoms with Crippen LogP contribution in [0, 0.1) is 0 Å². The number of rotatable bonds is 63. The van der Waals surface area contributed by atoms with Gasteiger partial charge in [-0.25, -0.2) is 0 Å². The molecular formula is C73H130O6. The van der Waals surface area contributed by atoms with Crippen LogP contribution in [0.5, 0.6) is 0 Å². The van der Waals surface area contributed by atoms with E-state index in [1.807, 2.05) is 0 Å². The number of unbranched alkanes of at least 4 members (excludes halogenated alkanes) is 40. The summed E-state index contributed by atoms with van der Waals surface area (Å²) in [5.74, 6) is -0.906. The van der Waals surface area contributed by atoms with Crippen molar-refractivity contribution in [2.45, 2.75) is 361 Å². The van der Waals surface area contributed by atoms with Crippen molar-refractivity contribution < 1.29 is 28.6 Å². The first kappa shape index (κ1) is 75.8. The van der Waals surface area contributed by atoms with Gasteiger partial charge in [-0.05, 0) is 70.6 Å². The number of carbonyl (C=O) groups excluding carboxylic acids is 3. The smallest absolute Gasteiger partial charge is 0.306 e. The van der Waals surface area contributed by atoms with Crippen LogP contribution >= 0.6 is 0 Å². The van der Waals surface area contributed by atoms with Crippen LogP contribution in [0.1, 0.15) is 355 Å². The van der Waals surface area contributed by atoms with Crippen LogP contribution in [0.3, 0.4) is 0 Å². The van der Waals surface area contributed by atoms with Gasteiger partial charge in [0.15, 0.2) is 6.10 Å². The molecule has 0 saturated heterocycles. The molecule has 0 amide bonds. The zero-order valence-electron chi connectivity index (χ0n) is 52.6. The molecule has 0 N–H and O–H groups in total. The topological polar surface area (TPSA) is 78.9 Å². The SMILES string of the molecule is CC/C=C\C/C=C\C/C=C\C/C=C\C/C=C\C/C=C\CCCCC(=O)OCC(COC(=O)CCCCCCCCCCCCCCCCCCCCCC)OC(=O)CCCCCCCCCCCCCCCCCCCCCC. The van der Waals surface area contributed by atoms with E-state index in [-0.39, 0.29) is 31.1 Å². The van der Waals surface area contributed by atoms with Gasteiger partial charge in [0, 0.05) is 19.3 Å². The van der Waals surface area contributed by atoms with E-state index in [4.69, 9.17) is 14.2 Å². The highest BCUT2D eigenvalue weighted by molar-refractivity contribution is 5.71. The van der Waals surface area contributed by atoms with E-state index in [2.05, 4.69) is 93.7 Å². The quantitative estimate of drug-likeness (QED) is 0.0261. The normalized spacial score (nSPS) is 12.5. The average Bonchev–Trinajstić information content (AvgIpc) is 3.45. The Balaban J connectivity index is 4.41. The summed E-state index contributed by atoms with van der Waals surface area (Å²) in [6.45, 7) is 6.56. The van der Waals surface area contributed by atoms with Crippen LogP contribution in [0.25, 0.3) is 0 Å². The molecule has 0 aliphatic carbocycles.